The topological polar surface area (TPSA) is 143 Å². The average Bonchev–Trinajstić information content (AvgIpc) is 3.67. The minimum absolute atomic E-state index is 0.00581. The number of rotatable bonds is 8. The number of ketones is 1. The number of carbonyl (C=O) groups excluding carboxylic acids is 2. The van der Waals surface area contributed by atoms with Gasteiger partial charge in [0.15, 0.2) is 5.78 Å². The predicted octanol–water partition coefficient (Wildman–Crippen LogP) is 9.54. The largest absolute Gasteiger partial charge is 0.481 e. The van der Waals surface area contributed by atoms with E-state index in [0.717, 1.165) is 62.5 Å². The Bertz CT molecular complexity index is 1930. The summed E-state index contributed by atoms with van der Waals surface area (Å²) in [4.78, 5) is 39.0. The molecule has 1 aromatic carbocycles. The number of carboxylic acid groups (broad SMARTS) is 1. The quantitative estimate of drug-likeness (QED) is 0.262. The number of aromatic nitrogens is 2. The predicted molar refractivity (Wildman–Crippen MR) is 203 cm³/mol. The van der Waals surface area contributed by atoms with E-state index in [1.807, 2.05) is 12.1 Å². The second-order valence-corrected chi connectivity index (χ2v) is 20.0. The number of nitriles is 1. The van der Waals surface area contributed by atoms with Crippen molar-refractivity contribution in [2.75, 3.05) is 0 Å². The first-order valence-corrected chi connectivity index (χ1v) is 20.3. The molecule has 0 radical (unpaired) electrons. The van der Waals surface area contributed by atoms with E-state index in [1.165, 1.54) is 5.57 Å². The molecular weight excluding hydrogens is 679 g/mol. The summed E-state index contributed by atoms with van der Waals surface area (Å²) in [5.41, 5.74) is 2.14. The fraction of sp³-hybridized carbons (Fsp3) is 0.689. The number of fused-ring (bicyclic) bond motifs is 7. The lowest BCUT2D eigenvalue weighted by Gasteiger charge is -2.72. The molecule has 0 unspecified atom stereocenters. The van der Waals surface area contributed by atoms with Crippen LogP contribution in [0.25, 0.3) is 11.5 Å². The van der Waals surface area contributed by atoms with Crippen LogP contribution in [0.15, 0.2) is 39.8 Å². The highest BCUT2D eigenvalue weighted by atomic mass is 16.5. The van der Waals surface area contributed by atoms with Gasteiger partial charge in [-0.2, -0.15) is 5.26 Å². The van der Waals surface area contributed by atoms with Gasteiger partial charge in [0.1, 0.15) is 6.10 Å². The molecule has 54 heavy (non-hydrogen) atoms. The van der Waals surface area contributed by atoms with Crippen LogP contribution in [0.5, 0.6) is 0 Å². The Hall–Kier alpha value is -3.80. The van der Waals surface area contributed by atoms with Gasteiger partial charge in [0.25, 0.3) is 0 Å². The number of allylic oxidation sites excluding steroid dienone is 2. The summed E-state index contributed by atoms with van der Waals surface area (Å²) >= 11 is 0. The van der Waals surface area contributed by atoms with E-state index in [0.29, 0.717) is 47.9 Å². The van der Waals surface area contributed by atoms with E-state index in [4.69, 9.17) is 9.15 Å². The number of ether oxygens (including phenoxy) is 1. The van der Waals surface area contributed by atoms with Crippen LogP contribution in [0.3, 0.4) is 0 Å². The van der Waals surface area contributed by atoms with Crippen LogP contribution in [0.1, 0.15) is 138 Å². The van der Waals surface area contributed by atoms with Crippen LogP contribution in [-0.4, -0.2) is 39.1 Å². The Balaban J connectivity index is 1.17. The molecule has 4 fully saturated rings. The second-order valence-electron chi connectivity index (χ2n) is 20.0. The molecule has 5 aliphatic carbocycles. The zero-order valence-electron chi connectivity index (χ0n) is 33.8. The monoisotopic (exact) mass is 737 g/mol. The third kappa shape index (κ3) is 5.70. The molecule has 0 amide bonds. The smallest absolute Gasteiger partial charge is 0.309 e. The summed E-state index contributed by atoms with van der Waals surface area (Å²) in [5, 5.41) is 27.8. The molecule has 2 aromatic rings. The number of carboxylic acids is 1. The lowest BCUT2D eigenvalue weighted by molar-refractivity contribution is -0.233. The van der Waals surface area contributed by atoms with Gasteiger partial charge in [-0.15, -0.1) is 10.2 Å². The summed E-state index contributed by atoms with van der Waals surface area (Å²) in [6.45, 7) is 19.7. The Morgan fingerprint density at radius 2 is 1.67 bits per heavy atom. The van der Waals surface area contributed by atoms with Crippen molar-refractivity contribution in [3.05, 3.63) is 46.9 Å². The maximum atomic E-state index is 14.1. The molecule has 0 aliphatic heterocycles. The first kappa shape index (κ1) is 38.5. The third-order valence-electron chi connectivity index (χ3n) is 16.2. The minimum atomic E-state index is -1.17. The van der Waals surface area contributed by atoms with Gasteiger partial charge in [-0.25, -0.2) is 0 Å². The summed E-state index contributed by atoms with van der Waals surface area (Å²) in [6.07, 6.45) is 8.64. The molecule has 9 nitrogen and oxygen atoms in total. The molecular formula is C45H59N3O6. The summed E-state index contributed by atoms with van der Waals surface area (Å²) in [6, 6.07) is 9.32. The fourth-order valence-corrected chi connectivity index (χ4v) is 13.2. The fourth-order valence-electron chi connectivity index (χ4n) is 13.2. The molecule has 0 saturated heterocycles. The SMILES string of the molecule is CC(C)C1=C2[C@H]3CC[C@@H]4[C@@]5(C)CC[C@H](OC(=O)CC(C)(C)C(=O)O)C(C)(C)[C@@H]5CC[C@@]4(C)[C@]3(C)CC[C@@]2(Cc2nnc(-c3ccc(C#N)cc3)o2)CC1=O. The Labute approximate surface area is 320 Å². The number of nitrogens with zero attached hydrogens (tertiary/aromatic N) is 3. The maximum Gasteiger partial charge on any atom is 0.309 e. The van der Waals surface area contributed by atoms with Crippen LogP contribution >= 0.6 is 0 Å². The highest BCUT2D eigenvalue weighted by Crippen LogP contribution is 2.77. The molecule has 0 spiro atoms. The standard InChI is InChI=1S/C45H59N3O6/c1-26(2)36-30(49)22-45(23-34-47-48-38(54-34)28-12-10-27(25-46)11-13-28)21-20-43(8)29(37(36)45)14-15-32-42(7)18-17-33(53-35(50)24-40(3,4)39(51)52)41(5,6)31(42)16-19-44(32,43)9/h10-13,26,29,31-33H,14-24H2,1-9H3,(H,51,52)/t29-,31+,32-,33+,42+,43-,44-,45+/m1/s1. The van der Waals surface area contributed by atoms with Gasteiger partial charge in [0, 0.05) is 29.2 Å². The molecule has 4 saturated carbocycles. The lowest BCUT2D eigenvalue weighted by atomic mass is 9.33. The van der Waals surface area contributed by atoms with Gasteiger partial charge < -0.3 is 14.3 Å². The summed E-state index contributed by atoms with van der Waals surface area (Å²) < 4.78 is 12.5. The van der Waals surface area contributed by atoms with Gasteiger partial charge in [-0.1, -0.05) is 54.0 Å². The van der Waals surface area contributed by atoms with Crippen molar-refractivity contribution in [3.8, 4) is 17.5 Å². The van der Waals surface area contributed by atoms with Crippen molar-refractivity contribution in [2.45, 2.75) is 139 Å². The summed E-state index contributed by atoms with van der Waals surface area (Å²) in [5.74, 6) is 1.14. The molecule has 9 heteroatoms. The van der Waals surface area contributed by atoms with E-state index in [2.05, 4.69) is 64.7 Å². The number of hydrogen-bond acceptors (Lipinski definition) is 8. The number of carbonyl (C=O) groups is 3. The molecule has 0 bridgehead atoms. The third-order valence-corrected chi connectivity index (χ3v) is 16.2. The number of aliphatic carboxylic acids is 1. The molecule has 5 aliphatic rings. The van der Waals surface area contributed by atoms with E-state index in [1.54, 1.807) is 26.0 Å². The second kappa shape index (κ2) is 12.9. The van der Waals surface area contributed by atoms with Gasteiger partial charge in [0.2, 0.25) is 11.8 Å². The highest BCUT2D eigenvalue weighted by Gasteiger charge is 2.70. The van der Waals surface area contributed by atoms with Gasteiger partial charge >= 0.3 is 11.9 Å². The van der Waals surface area contributed by atoms with Crippen LogP contribution in [0.4, 0.5) is 0 Å². The molecule has 1 aromatic heterocycles. The van der Waals surface area contributed by atoms with E-state index in [9.17, 15) is 24.8 Å². The van der Waals surface area contributed by atoms with Crippen LogP contribution in [-0.2, 0) is 25.5 Å². The van der Waals surface area contributed by atoms with Gasteiger partial charge in [-0.05, 0) is 135 Å². The zero-order valence-corrected chi connectivity index (χ0v) is 33.8. The average molecular weight is 738 g/mol. The van der Waals surface area contributed by atoms with Crippen LogP contribution in [0.2, 0.25) is 0 Å². The highest BCUT2D eigenvalue weighted by molar-refractivity contribution is 6.00. The van der Waals surface area contributed by atoms with Crippen molar-refractivity contribution in [3.63, 3.8) is 0 Å². The van der Waals surface area contributed by atoms with Crippen molar-refractivity contribution in [2.24, 2.45) is 56.2 Å². The molecule has 290 valence electrons. The number of benzene rings is 1. The van der Waals surface area contributed by atoms with Crippen LogP contribution in [0, 0.1) is 67.5 Å². The van der Waals surface area contributed by atoms with E-state index in [-0.39, 0.29) is 51.3 Å². The van der Waals surface area contributed by atoms with Gasteiger partial charge in [0.05, 0.1) is 23.5 Å². The number of esters is 1. The molecule has 1 N–H and O–H groups in total. The Morgan fingerprint density at radius 3 is 2.31 bits per heavy atom. The Morgan fingerprint density at radius 1 is 0.963 bits per heavy atom. The zero-order chi connectivity index (χ0) is 39.2. The van der Waals surface area contributed by atoms with Crippen LogP contribution < -0.4 is 0 Å². The van der Waals surface area contributed by atoms with Crippen molar-refractivity contribution < 1.29 is 28.6 Å². The normalized spacial score (nSPS) is 35.8. The van der Waals surface area contributed by atoms with Crippen molar-refractivity contribution in [1.82, 2.24) is 10.2 Å². The van der Waals surface area contributed by atoms with Crippen molar-refractivity contribution >= 4 is 17.7 Å². The van der Waals surface area contributed by atoms with Crippen molar-refractivity contribution in [1.29, 1.82) is 5.26 Å². The first-order chi connectivity index (χ1) is 25.2. The van der Waals surface area contributed by atoms with E-state index < -0.39 is 17.4 Å². The first-order valence-electron chi connectivity index (χ1n) is 20.3. The Kier molecular flexibility index (Phi) is 9.18. The lowest BCUT2D eigenvalue weighted by Crippen LogP contribution is -2.65. The molecule has 8 atom stereocenters. The van der Waals surface area contributed by atoms with Gasteiger partial charge in [-0.3, -0.25) is 14.4 Å². The molecule has 7 rings (SSSR count). The molecule has 1 heterocycles. The minimum Gasteiger partial charge on any atom is -0.481 e. The maximum absolute atomic E-state index is 14.1. The number of Topliss-reactive ketones (excluding diaryl/α,β-unsaturated/α-hetero) is 1. The van der Waals surface area contributed by atoms with E-state index >= 15 is 0 Å². The summed E-state index contributed by atoms with van der Waals surface area (Å²) in [7, 11) is 0. The number of hydrogen-bond donors (Lipinski definition) is 1.